The van der Waals surface area contributed by atoms with Crippen molar-refractivity contribution < 1.29 is 14.3 Å². The molecule has 0 bridgehead atoms. The zero-order chi connectivity index (χ0) is 19.1. The molecule has 3 aromatic rings. The van der Waals surface area contributed by atoms with Crippen LogP contribution in [0.25, 0.3) is 17.1 Å². The average molecular weight is 363 g/mol. The molecule has 6 nitrogen and oxygen atoms in total. The fourth-order valence-electron chi connectivity index (χ4n) is 2.64. The first kappa shape index (κ1) is 18.4. The number of nitrogens with one attached hydrogen (secondary N) is 1. The molecule has 1 N–H and O–H groups in total. The second-order valence-electron chi connectivity index (χ2n) is 5.85. The lowest BCUT2D eigenvalue weighted by Crippen LogP contribution is -2.23. The van der Waals surface area contributed by atoms with Gasteiger partial charge in [-0.3, -0.25) is 9.78 Å². The molecule has 138 valence electrons. The fourth-order valence-corrected chi connectivity index (χ4v) is 2.64. The average Bonchev–Trinajstić information content (AvgIpc) is 2.72. The Balaban J connectivity index is 1.54. The monoisotopic (exact) mass is 363 g/mol. The third-order valence-corrected chi connectivity index (χ3v) is 4.03. The first-order valence-electron chi connectivity index (χ1n) is 8.58. The van der Waals surface area contributed by atoms with Crippen LogP contribution in [-0.4, -0.2) is 36.6 Å². The maximum absolute atomic E-state index is 12.0. The van der Waals surface area contributed by atoms with Crippen LogP contribution < -0.4 is 14.8 Å². The molecule has 0 spiro atoms. The molecule has 3 rings (SSSR count). The van der Waals surface area contributed by atoms with E-state index in [4.69, 9.17) is 9.47 Å². The van der Waals surface area contributed by atoms with Crippen molar-refractivity contribution in [1.29, 1.82) is 0 Å². The van der Waals surface area contributed by atoms with E-state index in [2.05, 4.69) is 15.3 Å². The molecule has 0 aliphatic carbocycles. The van der Waals surface area contributed by atoms with E-state index in [-0.39, 0.29) is 5.91 Å². The molecular weight excluding hydrogens is 342 g/mol. The lowest BCUT2D eigenvalue weighted by Gasteiger charge is -2.09. The summed E-state index contributed by atoms with van der Waals surface area (Å²) in [5, 5.41) is 2.86. The predicted octanol–water partition coefficient (Wildman–Crippen LogP) is 3.02. The Morgan fingerprint density at radius 1 is 1.07 bits per heavy atom. The molecule has 1 heterocycles. The van der Waals surface area contributed by atoms with Gasteiger partial charge in [0.2, 0.25) is 5.91 Å². The van der Waals surface area contributed by atoms with Gasteiger partial charge >= 0.3 is 0 Å². The van der Waals surface area contributed by atoms with Gasteiger partial charge < -0.3 is 14.8 Å². The summed E-state index contributed by atoms with van der Waals surface area (Å²) in [6, 6.07) is 13.3. The zero-order valence-corrected chi connectivity index (χ0v) is 15.3. The normalized spacial score (nSPS) is 10.9. The van der Waals surface area contributed by atoms with Gasteiger partial charge in [0.05, 0.1) is 37.1 Å². The smallest absolute Gasteiger partial charge is 0.244 e. The van der Waals surface area contributed by atoms with Crippen molar-refractivity contribution in [1.82, 2.24) is 15.3 Å². The number of nitrogens with zero attached hydrogens (tertiary/aromatic N) is 2. The van der Waals surface area contributed by atoms with Crippen molar-refractivity contribution in [3.8, 4) is 11.5 Å². The van der Waals surface area contributed by atoms with Crippen molar-refractivity contribution in [2.24, 2.45) is 0 Å². The van der Waals surface area contributed by atoms with Crippen molar-refractivity contribution in [2.45, 2.75) is 6.42 Å². The van der Waals surface area contributed by atoms with Crippen molar-refractivity contribution in [3.63, 3.8) is 0 Å². The SMILES string of the molecule is COc1ccc(CCNC(=O)C=Cc2cnc3ccccc3n2)cc1OC. The van der Waals surface area contributed by atoms with E-state index in [1.54, 1.807) is 26.5 Å². The maximum atomic E-state index is 12.0. The Morgan fingerprint density at radius 2 is 1.85 bits per heavy atom. The molecule has 0 radical (unpaired) electrons. The van der Waals surface area contributed by atoms with E-state index < -0.39 is 0 Å². The number of hydrogen-bond donors (Lipinski definition) is 1. The van der Waals surface area contributed by atoms with Crippen LogP contribution in [0.3, 0.4) is 0 Å². The van der Waals surface area contributed by atoms with Crippen LogP contribution in [0.2, 0.25) is 0 Å². The molecule has 1 aromatic heterocycles. The highest BCUT2D eigenvalue weighted by atomic mass is 16.5. The van der Waals surface area contributed by atoms with Crippen LogP contribution in [0.4, 0.5) is 0 Å². The number of para-hydroxylation sites is 2. The van der Waals surface area contributed by atoms with Crippen LogP contribution in [-0.2, 0) is 11.2 Å². The molecule has 0 aliphatic heterocycles. The summed E-state index contributed by atoms with van der Waals surface area (Å²) in [4.78, 5) is 20.8. The van der Waals surface area contributed by atoms with E-state index in [0.29, 0.717) is 30.2 Å². The van der Waals surface area contributed by atoms with Crippen molar-refractivity contribution in [3.05, 3.63) is 66.0 Å². The summed E-state index contributed by atoms with van der Waals surface area (Å²) in [5.41, 5.74) is 3.32. The summed E-state index contributed by atoms with van der Waals surface area (Å²) in [5.74, 6) is 1.19. The molecule has 0 fully saturated rings. The number of benzene rings is 2. The highest BCUT2D eigenvalue weighted by molar-refractivity contribution is 5.91. The Morgan fingerprint density at radius 3 is 2.63 bits per heavy atom. The first-order valence-corrected chi connectivity index (χ1v) is 8.58. The number of hydrogen-bond acceptors (Lipinski definition) is 5. The van der Waals surface area contributed by atoms with Gasteiger partial charge in [-0.25, -0.2) is 4.98 Å². The van der Waals surface area contributed by atoms with E-state index in [9.17, 15) is 4.79 Å². The van der Waals surface area contributed by atoms with E-state index in [1.807, 2.05) is 42.5 Å². The minimum atomic E-state index is -0.176. The van der Waals surface area contributed by atoms with Gasteiger partial charge in [-0.2, -0.15) is 0 Å². The topological polar surface area (TPSA) is 73.3 Å². The second kappa shape index (κ2) is 8.80. The van der Waals surface area contributed by atoms with Gasteiger partial charge in [0.1, 0.15) is 0 Å². The molecule has 0 unspecified atom stereocenters. The largest absolute Gasteiger partial charge is 0.493 e. The van der Waals surface area contributed by atoms with Crippen LogP contribution in [0.5, 0.6) is 11.5 Å². The van der Waals surface area contributed by atoms with Crippen LogP contribution in [0.15, 0.2) is 54.7 Å². The predicted molar refractivity (Wildman–Crippen MR) is 105 cm³/mol. The molecular formula is C21H21N3O3. The highest BCUT2D eigenvalue weighted by Gasteiger charge is 2.05. The number of fused-ring (bicyclic) bond motifs is 1. The number of aromatic nitrogens is 2. The third-order valence-electron chi connectivity index (χ3n) is 4.03. The first-order chi connectivity index (χ1) is 13.2. The number of carbonyl (C=O) groups excluding carboxylic acids is 1. The standard InChI is InChI=1S/C21H21N3O3/c1-26-19-9-7-15(13-20(19)27-2)11-12-22-21(25)10-8-16-14-23-17-5-3-4-6-18(17)24-16/h3-10,13-14H,11-12H2,1-2H3,(H,22,25). The summed E-state index contributed by atoms with van der Waals surface area (Å²) >= 11 is 0. The summed E-state index contributed by atoms with van der Waals surface area (Å²) < 4.78 is 10.5. The van der Waals surface area contributed by atoms with Gasteiger partial charge in [0.25, 0.3) is 0 Å². The quantitative estimate of drug-likeness (QED) is 0.653. The van der Waals surface area contributed by atoms with Gasteiger partial charge in [-0.15, -0.1) is 0 Å². The summed E-state index contributed by atoms with van der Waals surface area (Å²) in [6.07, 6.45) is 5.46. The summed E-state index contributed by atoms with van der Waals surface area (Å²) in [7, 11) is 3.20. The number of amides is 1. The second-order valence-corrected chi connectivity index (χ2v) is 5.85. The minimum Gasteiger partial charge on any atom is -0.493 e. The van der Waals surface area contributed by atoms with Crippen LogP contribution >= 0.6 is 0 Å². The zero-order valence-electron chi connectivity index (χ0n) is 15.3. The molecule has 27 heavy (non-hydrogen) atoms. The lowest BCUT2D eigenvalue weighted by molar-refractivity contribution is -0.116. The molecule has 2 aromatic carbocycles. The van der Waals surface area contributed by atoms with Gasteiger partial charge in [0, 0.05) is 12.6 Å². The van der Waals surface area contributed by atoms with Crippen molar-refractivity contribution in [2.75, 3.05) is 20.8 Å². The maximum Gasteiger partial charge on any atom is 0.244 e. The Kier molecular flexibility index (Phi) is 5.99. The van der Waals surface area contributed by atoms with Crippen LogP contribution in [0.1, 0.15) is 11.3 Å². The minimum absolute atomic E-state index is 0.176. The molecule has 0 atom stereocenters. The van der Waals surface area contributed by atoms with Crippen molar-refractivity contribution >= 4 is 23.0 Å². The molecule has 1 amide bonds. The lowest BCUT2D eigenvalue weighted by atomic mass is 10.1. The number of ether oxygens (including phenoxy) is 2. The number of rotatable bonds is 7. The Bertz CT molecular complexity index is 970. The number of methoxy groups -OCH3 is 2. The summed E-state index contributed by atoms with van der Waals surface area (Å²) in [6.45, 7) is 0.516. The van der Waals surface area contributed by atoms with Gasteiger partial charge in [-0.1, -0.05) is 18.2 Å². The Hall–Kier alpha value is -3.41. The molecule has 6 heteroatoms. The third kappa shape index (κ3) is 4.82. The fraction of sp³-hybridized carbons (Fsp3) is 0.190. The number of carbonyl (C=O) groups is 1. The molecule has 0 aliphatic rings. The Labute approximate surface area is 157 Å². The molecule has 0 saturated carbocycles. The van der Waals surface area contributed by atoms with E-state index >= 15 is 0 Å². The van der Waals surface area contributed by atoms with Gasteiger partial charge in [-0.05, 0) is 42.3 Å². The van der Waals surface area contributed by atoms with Gasteiger partial charge in [0.15, 0.2) is 11.5 Å². The van der Waals surface area contributed by atoms with E-state index in [0.717, 1.165) is 16.6 Å². The van der Waals surface area contributed by atoms with Crippen LogP contribution in [0, 0.1) is 0 Å². The highest BCUT2D eigenvalue weighted by Crippen LogP contribution is 2.27. The van der Waals surface area contributed by atoms with E-state index in [1.165, 1.54) is 6.08 Å². The molecule has 0 saturated heterocycles.